The highest BCUT2D eigenvalue weighted by molar-refractivity contribution is 6.69. The van der Waals surface area contributed by atoms with Crippen molar-refractivity contribution in [3.8, 4) is 11.3 Å². The molecule has 0 aliphatic carbocycles. The van der Waals surface area contributed by atoms with Crippen LogP contribution >= 0.6 is 0 Å². The van der Waals surface area contributed by atoms with E-state index in [0.717, 1.165) is 11.6 Å². The second kappa shape index (κ2) is 10.5. The van der Waals surface area contributed by atoms with Gasteiger partial charge in [0.2, 0.25) is 5.95 Å². The van der Waals surface area contributed by atoms with Gasteiger partial charge in [-0.25, -0.2) is 23.4 Å². The topological polar surface area (TPSA) is 141 Å². The minimum Gasteiger partial charge on any atom is -0.481 e. The van der Waals surface area contributed by atoms with Crippen molar-refractivity contribution >= 4 is 25.9 Å². The van der Waals surface area contributed by atoms with E-state index in [9.17, 15) is 18.7 Å². The molecule has 0 saturated heterocycles. The molecular weight excluding hydrogens is 476 g/mol. The maximum atomic E-state index is 13.0. The van der Waals surface area contributed by atoms with E-state index in [1.807, 2.05) is 38.7 Å². The second-order valence-electron chi connectivity index (χ2n) is 9.29. The fourth-order valence-corrected chi connectivity index (χ4v) is 5.24. The number of halogens is 2. The molecule has 0 spiro atoms. The third-order valence-corrected chi connectivity index (χ3v) is 5.93. The number of rotatable bonds is 11. The average Bonchev–Trinajstić information content (AvgIpc) is 3.20. The van der Waals surface area contributed by atoms with E-state index in [1.54, 1.807) is 12.3 Å². The highest BCUT2D eigenvalue weighted by Crippen LogP contribution is 2.27. The number of nitrogens with two attached hydrogens (primary N) is 1. The molecule has 3 rings (SSSR count). The van der Waals surface area contributed by atoms with E-state index in [2.05, 4.69) is 25.6 Å². The van der Waals surface area contributed by atoms with Crippen LogP contribution in [0.1, 0.15) is 24.1 Å². The number of nitrogens with zero attached hydrogens (tertiary/aromatic N) is 5. The van der Waals surface area contributed by atoms with Gasteiger partial charge in [0, 0.05) is 24.0 Å². The lowest BCUT2D eigenvalue weighted by Gasteiger charge is -2.37. The van der Waals surface area contributed by atoms with Gasteiger partial charge in [0.05, 0.1) is 24.8 Å². The van der Waals surface area contributed by atoms with Gasteiger partial charge in [-0.3, -0.25) is 4.79 Å². The molecule has 13 heteroatoms. The van der Waals surface area contributed by atoms with Crippen molar-refractivity contribution in [1.82, 2.24) is 25.0 Å². The molecule has 0 aliphatic rings. The lowest BCUT2D eigenvalue weighted by atomic mass is 10.0. The van der Waals surface area contributed by atoms with Gasteiger partial charge in [-0.05, 0) is 56.4 Å². The molecule has 1 aromatic carbocycles. The Labute approximate surface area is 202 Å². The van der Waals surface area contributed by atoms with Crippen LogP contribution in [0.5, 0.6) is 0 Å². The number of aliphatic carboxylic acids is 1. The third kappa shape index (κ3) is 7.34. The van der Waals surface area contributed by atoms with Crippen molar-refractivity contribution in [3.05, 3.63) is 47.9 Å². The highest BCUT2D eigenvalue weighted by atomic mass is 28.4. The molecular formula is C22H29F2N7O3Si. The predicted molar refractivity (Wildman–Crippen MR) is 129 cm³/mol. The zero-order valence-corrected chi connectivity index (χ0v) is 21.0. The minimum absolute atomic E-state index is 0.00889. The molecule has 0 aliphatic heterocycles. The molecule has 1 atom stereocenters. The highest BCUT2D eigenvalue weighted by Gasteiger charge is 2.38. The number of hydrogen-bond donors (Lipinski definition) is 3. The number of carboxylic acids is 1. The van der Waals surface area contributed by atoms with E-state index in [0.29, 0.717) is 16.9 Å². The smallest absolute Gasteiger partial charge is 0.306 e. The Hall–Kier alpha value is -3.29. The molecule has 4 N–H and O–H groups in total. The van der Waals surface area contributed by atoms with Crippen LogP contribution in [0.2, 0.25) is 19.6 Å². The molecule has 2 aromatic heterocycles. The number of anilines is 2. The summed E-state index contributed by atoms with van der Waals surface area (Å²) in [5.74, 6) is -0.963. The normalized spacial score (nSPS) is 13.6. The number of nitrogens with one attached hydrogen (secondary N) is 1. The number of carbonyl (C=O) groups is 1. The molecule has 10 nitrogen and oxygen atoms in total. The van der Waals surface area contributed by atoms with Crippen LogP contribution < -0.4 is 11.1 Å². The summed E-state index contributed by atoms with van der Waals surface area (Å²) >= 11 is 0. The molecule has 3 aromatic rings. The summed E-state index contributed by atoms with van der Waals surface area (Å²) in [6.45, 7) is 7.91. The van der Waals surface area contributed by atoms with Crippen molar-refractivity contribution in [2.75, 3.05) is 11.9 Å². The van der Waals surface area contributed by atoms with Gasteiger partial charge < -0.3 is 20.6 Å². The summed E-state index contributed by atoms with van der Waals surface area (Å²) in [6, 6.07) is 6.64. The van der Waals surface area contributed by atoms with Gasteiger partial charge in [-0.1, -0.05) is 5.21 Å². The monoisotopic (exact) mass is 505 g/mol. The predicted octanol–water partition coefficient (Wildman–Crippen LogP) is 3.75. The number of aryl methyl sites for hydroxylation is 1. The summed E-state index contributed by atoms with van der Waals surface area (Å²) in [5, 5.41) is 20.8. The number of aromatic nitrogens is 5. The minimum atomic E-state index is -2.70. The maximum Gasteiger partial charge on any atom is 0.306 e. The van der Waals surface area contributed by atoms with Crippen molar-refractivity contribution in [2.24, 2.45) is 5.73 Å². The number of benzene rings is 1. The molecule has 0 fully saturated rings. The zero-order chi connectivity index (χ0) is 25.8. The molecule has 0 bridgehead atoms. The van der Waals surface area contributed by atoms with Gasteiger partial charge >= 0.3 is 5.97 Å². The Balaban J connectivity index is 1.86. The first-order chi connectivity index (χ1) is 16.4. The second-order valence-corrected chi connectivity index (χ2v) is 13.7. The Morgan fingerprint density at radius 3 is 2.69 bits per heavy atom. The summed E-state index contributed by atoms with van der Waals surface area (Å²) in [7, 11) is -2.13. The van der Waals surface area contributed by atoms with Crippen LogP contribution in [0.3, 0.4) is 0 Å². The zero-order valence-electron chi connectivity index (χ0n) is 20.0. The number of hydrogen-bond acceptors (Lipinski definition) is 8. The van der Waals surface area contributed by atoms with Gasteiger partial charge in [-0.2, -0.15) is 0 Å². The Morgan fingerprint density at radius 1 is 1.31 bits per heavy atom. The number of alkyl halides is 2. The van der Waals surface area contributed by atoms with E-state index in [4.69, 9.17) is 10.2 Å². The fourth-order valence-electron chi connectivity index (χ4n) is 3.72. The summed E-state index contributed by atoms with van der Waals surface area (Å²) in [4.78, 5) is 19.4. The van der Waals surface area contributed by atoms with Gasteiger partial charge in [0.1, 0.15) is 11.4 Å². The van der Waals surface area contributed by atoms with E-state index < -0.39 is 26.3 Å². The van der Waals surface area contributed by atoms with Crippen LogP contribution in [-0.4, -0.2) is 56.5 Å². The first-order valence-corrected chi connectivity index (χ1v) is 14.3. The molecule has 0 radical (unpaired) electrons. The lowest BCUT2D eigenvalue weighted by molar-refractivity contribution is -0.142. The molecule has 0 amide bonds. The molecule has 2 heterocycles. The Kier molecular flexibility index (Phi) is 7.92. The molecule has 188 valence electrons. The van der Waals surface area contributed by atoms with E-state index in [-0.39, 0.29) is 31.2 Å². The van der Waals surface area contributed by atoms with Crippen LogP contribution in [0, 0.1) is 6.92 Å². The number of carboxylic acid groups (broad SMARTS) is 1. The van der Waals surface area contributed by atoms with E-state index >= 15 is 0 Å². The Morgan fingerprint density at radius 2 is 2.06 bits per heavy atom. The first kappa shape index (κ1) is 26.3. The van der Waals surface area contributed by atoms with Crippen molar-refractivity contribution in [2.45, 2.75) is 51.6 Å². The van der Waals surface area contributed by atoms with Crippen molar-refractivity contribution in [1.29, 1.82) is 0 Å². The summed E-state index contributed by atoms with van der Waals surface area (Å²) in [6.07, 6.45) is -0.0122. The van der Waals surface area contributed by atoms with Crippen molar-refractivity contribution in [3.63, 3.8) is 0 Å². The quantitative estimate of drug-likeness (QED) is 0.332. The lowest BCUT2D eigenvalue weighted by Crippen LogP contribution is -2.52. The molecule has 1 unspecified atom stereocenters. The van der Waals surface area contributed by atoms with Crippen molar-refractivity contribution < 1.29 is 23.1 Å². The maximum absolute atomic E-state index is 13.0. The standard InChI is InChI=1S/C22H29F2N7O3Si/c1-14-7-15(9-16(8-14)27-21-26-6-5-17(28-21)20(23)24)18-11-31(30-29-18)13-22(12-25,10-19(32)33)34-35(2,3)4/h5-9,11,20H,10,12-13,25H2,1-4H3,(H,32,33)(H,26,27,28). The van der Waals surface area contributed by atoms with Gasteiger partial charge in [0.15, 0.2) is 8.32 Å². The largest absolute Gasteiger partial charge is 0.481 e. The van der Waals surface area contributed by atoms with Crippen LogP contribution in [0.4, 0.5) is 20.4 Å². The molecule has 35 heavy (non-hydrogen) atoms. The molecule has 0 saturated carbocycles. The SMILES string of the molecule is Cc1cc(Nc2nccc(C(F)F)n2)cc(-c2cn(CC(CN)(CC(=O)O)O[Si](C)(C)C)nn2)c1. The van der Waals surface area contributed by atoms with Crippen LogP contribution in [0.15, 0.2) is 36.7 Å². The van der Waals surface area contributed by atoms with E-state index in [1.165, 1.54) is 10.9 Å². The third-order valence-electron chi connectivity index (χ3n) is 4.89. The van der Waals surface area contributed by atoms with Gasteiger partial charge in [0.25, 0.3) is 6.43 Å². The Bertz CT molecular complexity index is 1190. The fraction of sp³-hybridized carbons (Fsp3) is 0.409. The van der Waals surface area contributed by atoms with Crippen LogP contribution in [-0.2, 0) is 15.8 Å². The average molecular weight is 506 g/mol. The summed E-state index contributed by atoms with van der Waals surface area (Å²) < 4.78 is 33.6. The first-order valence-electron chi connectivity index (χ1n) is 10.9. The summed E-state index contributed by atoms with van der Waals surface area (Å²) in [5.41, 5.74) is 7.21. The van der Waals surface area contributed by atoms with Crippen LogP contribution in [0.25, 0.3) is 11.3 Å². The van der Waals surface area contributed by atoms with Gasteiger partial charge in [-0.15, -0.1) is 5.10 Å².